The molecule has 0 aromatic carbocycles. The third kappa shape index (κ3) is 3.46. The van der Waals surface area contributed by atoms with Gasteiger partial charge in [0.05, 0.1) is 12.2 Å². The predicted molar refractivity (Wildman–Crippen MR) is 71.4 cm³/mol. The molecule has 2 rings (SSSR count). The van der Waals surface area contributed by atoms with E-state index in [1.165, 1.54) is 10.6 Å². The van der Waals surface area contributed by atoms with Gasteiger partial charge in [0.25, 0.3) is 0 Å². The van der Waals surface area contributed by atoms with Crippen molar-refractivity contribution in [3.63, 3.8) is 0 Å². The summed E-state index contributed by atoms with van der Waals surface area (Å²) >= 11 is 0. The van der Waals surface area contributed by atoms with Gasteiger partial charge in [-0.25, -0.2) is 8.42 Å². The van der Waals surface area contributed by atoms with Crippen LogP contribution in [0.5, 0.6) is 0 Å². The third-order valence-electron chi connectivity index (χ3n) is 4.26. The average molecular weight is 290 g/mol. The number of sulfonamides is 1. The predicted octanol–water partition coefficient (Wildman–Crippen LogP) is 0.207. The summed E-state index contributed by atoms with van der Waals surface area (Å²) in [4.78, 5) is 13.5. The van der Waals surface area contributed by atoms with Crippen LogP contribution in [-0.2, 0) is 14.8 Å². The lowest BCUT2D eigenvalue weighted by Crippen LogP contribution is -2.55. The van der Waals surface area contributed by atoms with E-state index in [0.717, 1.165) is 25.7 Å². The smallest absolute Gasteiger partial charge is 0.308 e. The minimum Gasteiger partial charge on any atom is -0.481 e. The van der Waals surface area contributed by atoms with Crippen molar-refractivity contribution in [1.29, 1.82) is 0 Å². The van der Waals surface area contributed by atoms with Gasteiger partial charge in [0, 0.05) is 32.2 Å². The number of aliphatic carboxylic acids is 1. The fourth-order valence-corrected chi connectivity index (χ4v) is 4.03. The zero-order valence-corrected chi connectivity index (χ0v) is 12.1. The van der Waals surface area contributed by atoms with Gasteiger partial charge in [0.15, 0.2) is 0 Å². The molecule has 0 radical (unpaired) electrons. The lowest BCUT2D eigenvalue weighted by atomic mass is 9.83. The first-order chi connectivity index (χ1) is 8.89. The van der Waals surface area contributed by atoms with Gasteiger partial charge in [0.1, 0.15) is 0 Å². The van der Waals surface area contributed by atoms with Crippen molar-refractivity contribution in [2.45, 2.75) is 31.7 Å². The Kier molecular flexibility index (Phi) is 4.47. The number of piperazine rings is 1. The van der Waals surface area contributed by atoms with Gasteiger partial charge in [-0.2, -0.15) is 4.31 Å². The van der Waals surface area contributed by atoms with Gasteiger partial charge in [0.2, 0.25) is 10.0 Å². The zero-order chi connectivity index (χ0) is 14.0. The molecule has 7 heteroatoms. The van der Waals surface area contributed by atoms with Crippen molar-refractivity contribution in [3.05, 3.63) is 0 Å². The van der Waals surface area contributed by atoms with E-state index in [2.05, 4.69) is 4.90 Å². The molecule has 0 bridgehead atoms. The second-order valence-corrected chi connectivity index (χ2v) is 7.48. The Bertz CT molecular complexity index is 429. The van der Waals surface area contributed by atoms with Crippen molar-refractivity contribution >= 4 is 16.0 Å². The van der Waals surface area contributed by atoms with Crippen LogP contribution >= 0.6 is 0 Å². The van der Waals surface area contributed by atoms with Crippen LogP contribution in [0.3, 0.4) is 0 Å². The second-order valence-electron chi connectivity index (χ2n) is 5.49. The van der Waals surface area contributed by atoms with Crippen molar-refractivity contribution in [1.82, 2.24) is 9.21 Å². The molecule has 1 aliphatic carbocycles. The Balaban J connectivity index is 1.98. The van der Waals surface area contributed by atoms with E-state index in [0.29, 0.717) is 26.2 Å². The number of hydrogen-bond donors (Lipinski definition) is 1. The minimum absolute atomic E-state index is 0.0768. The quantitative estimate of drug-likeness (QED) is 0.804. The summed E-state index contributed by atoms with van der Waals surface area (Å²) in [7, 11) is -3.12. The van der Waals surface area contributed by atoms with E-state index < -0.39 is 16.0 Å². The molecule has 1 saturated heterocycles. The van der Waals surface area contributed by atoms with Gasteiger partial charge in [-0.3, -0.25) is 9.69 Å². The molecule has 0 aromatic rings. The summed E-state index contributed by atoms with van der Waals surface area (Å²) in [6, 6.07) is 0.0768. The molecular formula is C12H22N2O4S. The SMILES string of the molecule is CS(=O)(=O)N1CCN(C2CCCCC2C(=O)O)CC1. The van der Waals surface area contributed by atoms with Crippen LogP contribution in [0, 0.1) is 5.92 Å². The highest BCUT2D eigenvalue weighted by molar-refractivity contribution is 7.88. The third-order valence-corrected chi connectivity index (χ3v) is 5.56. The fourth-order valence-electron chi connectivity index (χ4n) is 3.20. The number of carbonyl (C=O) groups is 1. The summed E-state index contributed by atoms with van der Waals surface area (Å²) < 4.78 is 24.4. The van der Waals surface area contributed by atoms with Crippen molar-refractivity contribution in [3.8, 4) is 0 Å². The van der Waals surface area contributed by atoms with Crippen LogP contribution in [0.2, 0.25) is 0 Å². The molecule has 0 aromatic heterocycles. The average Bonchev–Trinajstić information content (AvgIpc) is 2.38. The summed E-state index contributed by atoms with van der Waals surface area (Å²) in [5, 5.41) is 9.29. The van der Waals surface area contributed by atoms with Gasteiger partial charge < -0.3 is 5.11 Å². The molecule has 1 heterocycles. The number of hydrogen-bond acceptors (Lipinski definition) is 4. The topological polar surface area (TPSA) is 77.9 Å². The van der Waals surface area contributed by atoms with Gasteiger partial charge in [-0.1, -0.05) is 12.8 Å². The summed E-state index contributed by atoms with van der Waals surface area (Å²) in [6.07, 6.45) is 4.93. The molecule has 6 nitrogen and oxygen atoms in total. The summed E-state index contributed by atoms with van der Waals surface area (Å²) in [5.74, 6) is -1.01. The van der Waals surface area contributed by atoms with Crippen LogP contribution in [-0.4, -0.2) is 67.2 Å². The van der Waals surface area contributed by atoms with Crippen molar-refractivity contribution < 1.29 is 18.3 Å². The molecule has 2 atom stereocenters. The highest BCUT2D eigenvalue weighted by Gasteiger charge is 2.36. The molecule has 0 amide bonds. The van der Waals surface area contributed by atoms with Crippen LogP contribution in [0.15, 0.2) is 0 Å². The minimum atomic E-state index is -3.12. The first-order valence-electron chi connectivity index (χ1n) is 6.81. The van der Waals surface area contributed by atoms with Gasteiger partial charge >= 0.3 is 5.97 Å². The Hall–Kier alpha value is -0.660. The van der Waals surface area contributed by atoms with E-state index in [4.69, 9.17) is 0 Å². The lowest BCUT2D eigenvalue weighted by Gasteiger charge is -2.42. The van der Waals surface area contributed by atoms with Crippen LogP contribution < -0.4 is 0 Å². The number of carboxylic acids is 1. The van der Waals surface area contributed by atoms with Crippen molar-refractivity contribution in [2.75, 3.05) is 32.4 Å². The van der Waals surface area contributed by atoms with E-state index in [-0.39, 0.29) is 12.0 Å². The first kappa shape index (κ1) is 14.7. The molecule has 0 spiro atoms. The van der Waals surface area contributed by atoms with E-state index in [1.807, 2.05) is 0 Å². The van der Waals surface area contributed by atoms with E-state index in [9.17, 15) is 18.3 Å². The largest absolute Gasteiger partial charge is 0.481 e. The van der Waals surface area contributed by atoms with E-state index >= 15 is 0 Å². The Labute approximate surface area is 114 Å². The zero-order valence-electron chi connectivity index (χ0n) is 11.3. The second kappa shape index (κ2) is 5.76. The highest BCUT2D eigenvalue weighted by atomic mass is 32.2. The lowest BCUT2D eigenvalue weighted by molar-refractivity contribution is -0.146. The number of rotatable bonds is 3. The standard InChI is InChI=1S/C12H22N2O4S/c1-19(17,18)14-8-6-13(7-9-14)11-5-3-2-4-10(11)12(15)16/h10-11H,2-9H2,1H3,(H,15,16). The maximum Gasteiger partial charge on any atom is 0.308 e. The molecule has 2 unspecified atom stereocenters. The molecular weight excluding hydrogens is 268 g/mol. The summed E-state index contributed by atoms with van der Waals surface area (Å²) in [5.41, 5.74) is 0. The molecule has 2 fully saturated rings. The molecule has 1 aliphatic heterocycles. The van der Waals surface area contributed by atoms with Crippen LogP contribution in [0.4, 0.5) is 0 Å². The monoisotopic (exact) mass is 290 g/mol. The molecule has 1 N–H and O–H groups in total. The molecule has 110 valence electrons. The normalized spacial score (nSPS) is 31.2. The first-order valence-corrected chi connectivity index (χ1v) is 8.66. The molecule has 1 saturated carbocycles. The van der Waals surface area contributed by atoms with Crippen LogP contribution in [0.25, 0.3) is 0 Å². The Morgan fingerprint density at radius 2 is 1.68 bits per heavy atom. The Morgan fingerprint density at radius 3 is 2.21 bits per heavy atom. The van der Waals surface area contributed by atoms with Crippen LogP contribution in [0.1, 0.15) is 25.7 Å². The fraction of sp³-hybridized carbons (Fsp3) is 0.917. The maximum atomic E-state index is 11.5. The maximum absolute atomic E-state index is 11.5. The molecule has 19 heavy (non-hydrogen) atoms. The van der Waals surface area contributed by atoms with E-state index in [1.54, 1.807) is 0 Å². The highest BCUT2D eigenvalue weighted by Crippen LogP contribution is 2.29. The number of nitrogens with zero attached hydrogens (tertiary/aromatic N) is 2. The molecule has 2 aliphatic rings. The Morgan fingerprint density at radius 1 is 1.11 bits per heavy atom. The van der Waals surface area contributed by atoms with Crippen molar-refractivity contribution in [2.24, 2.45) is 5.92 Å². The van der Waals surface area contributed by atoms with Gasteiger partial charge in [-0.05, 0) is 12.8 Å². The van der Waals surface area contributed by atoms with Gasteiger partial charge in [-0.15, -0.1) is 0 Å². The summed E-state index contributed by atoms with van der Waals surface area (Å²) in [6.45, 7) is 2.23. The number of carboxylic acid groups (broad SMARTS) is 1.